The van der Waals surface area contributed by atoms with E-state index in [1.165, 1.54) is 4.57 Å². The van der Waals surface area contributed by atoms with Gasteiger partial charge in [-0.25, -0.2) is 15.4 Å². The summed E-state index contributed by atoms with van der Waals surface area (Å²) < 4.78 is 7.55. The van der Waals surface area contributed by atoms with Crippen molar-refractivity contribution in [3.63, 3.8) is 0 Å². The third-order valence-corrected chi connectivity index (χ3v) is 3.96. The third-order valence-electron chi connectivity index (χ3n) is 3.29. The highest BCUT2D eigenvalue weighted by atomic mass is 127. The normalized spacial score (nSPS) is 10.7. The number of rotatable bonds is 3. The second-order valence-corrected chi connectivity index (χ2v) is 5.83. The SMILES string of the molecule is COc1ccc(-n2c(NN)nc3ccc(I)cc3c2=O)cc1. The summed E-state index contributed by atoms with van der Waals surface area (Å²) in [4.78, 5) is 17.2. The van der Waals surface area contributed by atoms with Crippen LogP contribution in [0.1, 0.15) is 0 Å². The molecule has 0 unspecified atom stereocenters. The summed E-state index contributed by atoms with van der Waals surface area (Å²) in [5.74, 6) is 6.53. The monoisotopic (exact) mass is 408 g/mol. The van der Waals surface area contributed by atoms with Crippen LogP contribution in [0, 0.1) is 3.57 Å². The van der Waals surface area contributed by atoms with Gasteiger partial charge in [0.05, 0.1) is 23.7 Å². The summed E-state index contributed by atoms with van der Waals surface area (Å²) in [5, 5.41) is 0.543. The van der Waals surface area contributed by atoms with E-state index in [2.05, 4.69) is 33.0 Å². The van der Waals surface area contributed by atoms with Gasteiger partial charge in [-0.05, 0) is 65.1 Å². The quantitative estimate of drug-likeness (QED) is 0.395. The van der Waals surface area contributed by atoms with E-state index in [4.69, 9.17) is 10.6 Å². The fraction of sp³-hybridized carbons (Fsp3) is 0.0667. The lowest BCUT2D eigenvalue weighted by atomic mass is 10.2. The highest BCUT2D eigenvalue weighted by molar-refractivity contribution is 14.1. The lowest BCUT2D eigenvalue weighted by Crippen LogP contribution is -2.26. The van der Waals surface area contributed by atoms with E-state index < -0.39 is 0 Å². The van der Waals surface area contributed by atoms with Gasteiger partial charge in [-0.3, -0.25) is 10.2 Å². The van der Waals surface area contributed by atoms with Crippen LogP contribution in [-0.2, 0) is 0 Å². The second kappa shape index (κ2) is 5.93. The Labute approximate surface area is 140 Å². The highest BCUT2D eigenvalue weighted by Gasteiger charge is 2.12. The number of fused-ring (bicyclic) bond motifs is 1. The Kier molecular flexibility index (Phi) is 3.99. The number of nitrogen functional groups attached to an aromatic ring is 1. The van der Waals surface area contributed by atoms with Crippen LogP contribution in [0.2, 0.25) is 0 Å². The molecule has 0 amide bonds. The number of anilines is 1. The van der Waals surface area contributed by atoms with E-state index in [0.717, 1.165) is 3.57 Å². The second-order valence-electron chi connectivity index (χ2n) is 4.58. The van der Waals surface area contributed by atoms with Gasteiger partial charge in [0, 0.05) is 3.57 Å². The minimum absolute atomic E-state index is 0.179. The van der Waals surface area contributed by atoms with Gasteiger partial charge in [-0.1, -0.05) is 0 Å². The predicted molar refractivity (Wildman–Crippen MR) is 94.4 cm³/mol. The maximum Gasteiger partial charge on any atom is 0.267 e. The molecular formula is C15H13IN4O2. The van der Waals surface area contributed by atoms with Crippen LogP contribution in [0.4, 0.5) is 5.95 Å². The van der Waals surface area contributed by atoms with Gasteiger partial charge in [-0.15, -0.1) is 0 Å². The van der Waals surface area contributed by atoms with Crippen molar-refractivity contribution in [3.8, 4) is 11.4 Å². The Morgan fingerprint density at radius 1 is 1.23 bits per heavy atom. The number of aromatic nitrogens is 2. The number of hydrogen-bond acceptors (Lipinski definition) is 5. The van der Waals surface area contributed by atoms with Crippen molar-refractivity contribution >= 4 is 39.4 Å². The molecule has 0 radical (unpaired) electrons. The predicted octanol–water partition coefficient (Wildman–Crippen LogP) is 2.28. The van der Waals surface area contributed by atoms with Crippen LogP contribution in [0.5, 0.6) is 5.75 Å². The van der Waals surface area contributed by atoms with Gasteiger partial charge in [0.1, 0.15) is 5.75 Å². The fourth-order valence-corrected chi connectivity index (χ4v) is 2.72. The number of ether oxygens (including phenoxy) is 1. The molecule has 0 spiro atoms. The van der Waals surface area contributed by atoms with Crippen LogP contribution in [0.25, 0.3) is 16.6 Å². The molecular weight excluding hydrogens is 395 g/mol. The minimum Gasteiger partial charge on any atom is -0.497 e. The molecule has 6 nitrogen and oxygen atoms in total. The van der Waals surface area contributed by atoms with Crippen LogP contribution in [0.3, 0.4) is 0 Å². The van der Waals surface area contributed by atoms with E-state index >= 15 is 0 Å². The van der Waals surface area contributed by atoms with Crippen molar-refractivity contribution in [2.45, 2.75) is 0 Å². The van der Waals surface area contributed by atoms with Crippen LogP contribution in [-0.4, -0.2) is 16.7 Å². The summed E-state index contributed by atoms with van der Waals surface area (Å²) in [7, 11) is 1.59. The fourth-order valence-electron chi connectivity index (χ4n) is 2.23. The molecule has 0 atom stereocenters. The minimum atomic E-state index is -0.179. The molecule has 0 saturated carbocycles. The molecule has 3 aromatic rings. The van der Waals surface area contributed by atoms with Gasteiger partial charge in [0.15, 0.2) is 0 Å². The number of benzene rings is 2. The Morgan fingerprint density at radius 2 is 1.95 bits per heavy atom. The zero-order valence-corrected chi connectivity index (χ0v) is 13.9. The number of hydrazine groups is 1. The van der Waals surface area contributed by atoms with E-state index in [1.807, 2.05) is 12.1 Å². The molecule has 1 aromatic heterocycles. The molecule has 0 saturated heterocycles. The van der Waals surface area contributed by atoms with Crippen molar-refractivity contribution in [1.29, 1.82) is 0 Å². The van der Waals surface area contributed by atoms with Gasteiger partial charge < -0.3 is 4.74 Å². The largest absolute Gasteiger partial charge is 0.497 e. The van der Waals surface area contributed by atoms with Crippen molar-refractivity contribution < 1.29 is 4.74 Å². The van der Waals surface area contributed by atoms with Gasteiger partial charge in [-0.2, -0.15) is 0 Å². The first-order valence-electron chi connectivity index (χ1n) is 6.47. The third kappa shape index (κ3) is 2.53. The van der Waals surface area contributed by atoms with Crippen molar-refractivity contribution in [3.05, 3.63) is 56.4 Å². The zero-order valence-electron chi connectivity index (χ0n) is 11.7. The van der Waals surface area contributed by atoms with Gasteiger partial charge in [0.2, 0.25) is 5.95 Å². The topological polar surface area (TPSA) is 82.2 Å². The van der Waals surface area contributed by atoms with Gasteiger partial charge >= 0.3 is 0 Å². The average molecular weight is 408 g/mol. The van der Waals surface area contributed by atoms with E-state index in [9.17, 15) is 4.79 Å². The summed E-state index contributed by atoms with van der Waals surface area (Å²) >= 11 is 2.17. The molecule has 3 rings (SSSR count). The highest BCUT2D eigenvalue weighted by Crippen LogP contribution is 2.19. The van der Waals surface area contributed by atoms with Crippen molar-refractivity contribution in [2.24, 2.45) is 5.84 Å². The number of hydrogen-bond donors (Lipinski definition) is 2. The zero-order chi connectivity index (χ0) is 15.7. The van der Waals surface area contributed by atoms with Crippen LogP contribution in [0.15, 0.2) is 47.3 Å². The van der Waals surface area contributed by atoms with Crippen molar-refractivity contribution in [1.82, 2.24) is 9.55 Å². The molecule has 0 aliphatic rings. The Bertz CT molecular complexity index is 890. The maximum absolute atomic E-state index is 12.8. The number of halogens is 1. The molecule has 2 aromatic carbocycles. The first-order chi connectivity index (χ1) is 10.6. The molecule has 1 heterocycles. The number of nitrogens with one attached hydrogen (secondary N) is 1. The lowest BCUT2D eigenvalue weighted by Gasteiger charge is -2.13. The molecule has 7 heteroatoms. The smallest absolute Gasteiger partial charge is 0.267 e. The summed E-state index contributed by atoms with van der Waals surface area (Å²) in [6, 6.07) is 12.6. The standard InChI is InChI=1S/C15H13IN4O2/c1-22-11-5-3-10(4-6-11)20-14(21)12-8-9(16)2-7-13(12)18-15(20)19-17/h2-8H,17H2,1H3,(H,18,19). The van der Waals surface area contributed by atoms with Crippen molar-refractivity contribution in [2.75, 3.05) is 12.5 Å². The summed E-state index contributed by atoms with van der Waals surface area (Å²) in [5.41, 5.74) is 3.57. The molecule has 22 heavy (non-hydrogen) atoms. The Hall–Kier alpha value is -2.13. The molecule has 0 bridgehead atoms. The molecule has 3 N–H and O–H groups in total. The Balaban J connectivity index is 2.30. The molecule has 0 aliphatic heterocycles. The average Bonchev–Trinajstić information content (AvgIpc) is 2.55. The molecule has 112 valence electrons. The summed E-state index contributed by atoms with van der Waals surface area (Å²) in [6.45, 7) is 0. The number of methoxy groups -OCH3 is 1. The molecule has 0 aliphatic carbocycles. The van der Waals surface area contributed by atoms with E-state index in [0.29, 0.717) is 22.3 Å². The summed E-state index contributed by atoms with van der Waals surface area (Å²) in [6.07, 6.45) is 0. The molecule has 0 fully saturated rings. The lowest BCUT2D eigenvalue weighted by molar-refractivity contribution is 0.414. The first-order valence-corrected chi connectivity index (χ1v) is 7.55. The number of nitrogens with two attached hydrogens (primary N) is 1. The van der Waals surface area contributed by atoms with E-state index in [1.54, 1.807) is 37.4 Å². The van der Waals surface area contributed by atoms with E-state index in [-0.39, 0.29) is 11.5 Å². The first kappa shape index (κ1) is 14.8. The van der Waals surface area contributed by atoms with Gasteiger partial charge in [0.25, 0.3) is 5.56 Å². The van der Waals surface area contributed by atoms with Crippen LogP contribution >= 0.6 is 22.6 Å². The maximum atomic E-state index is 12.8. The number of nitrogens with zero attached hydrogens (tertiary/aromatic N) is 2. The Morgan fingerprint density at radius 3 is 2.59 bits per heavy atom. The van der Waals surface area contributed by atoms with Crippen LogP contribution < -0.4 is 21.6 Å².